The van der Waals surface area contributed by atoms with Crippen LogP contribution >= 0.6 is 0 Å². The highest BCUT2D eigenvalue weighted by atomic mass is 16.2. The minimum Gasteiger partial charge on any atom is -0.348 e. The molecule has 25 heavy (non-hydrogen) atoms. The summed E-state index contributed by atoms with van der Waals surface area (Å²) < 4.78 is 0. The van der Waals surface area contributed by atoms with Crippen LogP contribution in [0.5, 0.6) is 0 Å². The molecule has 6 nitrogen and oxygen atoms in total. The number of nitrogens with zero attached hydrogens (tertiary/aromatic N) is 1. The van der Waals surface area contributed by atoms with E-state index in [-0.39, 0.29) is 11.0 Å². The Morgan fingerprint density at radius 3 is 2.64 bits per heavy atom. The molecule has 0 spiro atoms. The number of hydrogen-bond acceptors (Lipinski definition) is 4. The van der Waals surface area contributed by atoms with Gasteiger partial charge in [0.2, 0.25) is 0 Å². The molecule has 1 amide bonds. The summed E-state index contributed by atoms with van der Waals surface area (Å²) in [5, 5.41) is 6.12. The van der Waals surface area contributed by atoms with Crippen molar-refractivity contribution in [3.8, 4) is 0 Å². The van der Waals surface area contributed by atoms with Crippen LogP contribution < -0.4 is 16.2 Å². The second-order valence-corrected chi connectivity index (χ2v) is 7.51. The summed E-state index contributed by atoms with van der Waals surface area (Å²) >= 11 is 0. The highest BCUT2D eigenvalue weighted by Crippen LogP contribution is 2.18. The predicted octanol–water partition coefficient (Wildman–Crippen LogP) is 1.91. The van der Waals surface area contributed by atoms with Crippen LogP contribution in [0.3, 0.4) is 0 Å². The first-order valence-corrected chi connectivity index (χ1v) is 8.46. The van der Waals surface area contributed by atoms with Gasteiger partial charge < -0.3 is 15.6 Å². The van der Waals surface area contributed by atoms with Crippen molar-refractivity contribution in [2.45, 2.75) is 52.7 Å². The molecule has 1 aromatic heterocycles. The van der Waals surface area contributed by atoms with Gasteiger partial charge in [-0.15, -0.1) is 0 Å². The number of nitrogens with one attached hydrogen (secondary N) is 3. The summed E-state index contributed by atoms with van der Waals surface area (Å²) in [4.78, 5) is 32.0. The van der Waals surface area contributed by atoms with Crippen LogP contribution in [0.2, 0.25) is 0 Å². The number of aromatic nitrogens is 2. The SMILES string of the molecule is Cc1nc(C(C)(C)C)[nH]c(=O)c1C(=O)NCc1ccc2c(c1)CNC2. The lowest BCUT2D eigenvalue weighted by molar-refractivity contribution is 0.0948. The molecule has 3 rings (SSSR count). The minimum absolute atomic E-state index is 0.0795. The number of amides is 1. The maximum absolute atomic E-state index is 12.5. The third-order valence-electron chi connectivity index (χ3n) is 4.39. The van der Waals surface area contributed by atoms with Crippen molar-refractivity contribution in [2.24, 2.45) is 0 Å². The van der Waals surface area contributed by atoms with Gasteiger partial charge in [-0.2, -0.15) is 0 Å². The second-order valence-electron chi connectivity index (χ2n) is 7.51. The van der Waals surface area contributed by atoms with Gasteiger partial charge in [0.25, 0.3) is 11.5 Å². The first kappa shape index (κ1) is 17.4. The molecule has 0 aliphatic carbocycles. The standard InChI is InChI=1S/C19H24N4O2/c1-11-15(17(25)23-18(22-11)19(2,3)4)16(24)21-8-12-5-6-13-9-20-10-14(13)7-12/h5-7,20H,8-10H2,1-4H3,(H,21,24)(H,22,23,25). The summed E-state index contributed by atoms with van der Waals surface area (Å²) in [6.45, 7) is 9.72. The zero-order chi connectivity index (χ0) is 18.2. The molecule has 0 saturated heterocycles. The van der Waals surface area contributed by atoms with Gasteiger partial charge in [0.15, 0.2) is 0 Å². The number of aryl methyl sites for hydroxylation is 1. The van der Waals surface area contributed by atoms with Gasteiger partial charge in [-0.3, -0.25) is 9.59 Å². The zero-order valence-corrected chi connectivity index (χ0v) is 15.1. The minimum atomic E-state index is -0.398. The predicted molar refractivity (Wildman–Crippen MR) is 96.5 cm³/mol. The summed E-state index contributed by atoms with van der Waals surface area (Å²) in [7, 11) is 0. The molecular weight excluding hydrogens is 316 g/mol. The molecule has 0 fully saturated rings. The third kappa shape index (κ3) is 3.64. The van der Waals surface area contributed by atoms with Gasteiger partial charge in [0.1, 0.15) is 11.4 Å². The van der Waals surface area contributed by atoms with Crippen LogP contribution in [0.4, 0.5) is 0 Å². The fraction of sp³-hybridized carbons (Fsp3) is 0.421. The molecule has 2 aromatic rings. The van der Waals surface area contributed by atoms with Crippen LogP contribution in [0.1, 0.15) is 59.3 Å². The van der Waals surface area contributed by atoms with Crippen molar-refractivity contribution < 1.29 is 4.79 Å². The van der Waals surface area contributed by atoms with Gasteiger partial charge in [0.05, 0.1) is 5.69 Å². The van der Waals surface area contributed by atoms with Gasteiger partial charge >= 0.3 is 0 Å². The Kier molecular flexibility index (Phi) is 4.47. The Morgan fingerprint density at radius 2 is 1.96 bits per heavy atom. The zero-order valence-electron chi connectivity index (χ0n) is 15.1. The third-order valence-corrected chi connectivity index (χ3v) is 4.39. The highest BCUT2D eigenvalue weighted by molar-refractivity contribution is 5.94. The fourth-order valence-electron chi connectivity index (χ4n) is 2.94. The van der Waals surface area contributed by atoms with Crippen molar-refractivity contribution in [3.05, 3.63) is 62.3 Å². The molecule has 1 aromatic carbocycles. The van der Waals surface area contributed by atoms with Crippen molar-refractivity contribution in [1.82, 2.24) is 20.6 Å². The summed E-state index contributed by atoms with van der Waals surface area (Å²) in [6, 6.07) is 6.17. The topological polar surface area (TPSA) is 86.9 Å². The number of H-pyrrole nitrogens is 1. The fourth-order valence-corrected chi connectivity index (χ4v) is 2.94. The first-order chi connectivity index (χ1) is 11.8. The van der Waals surface area contributed by atoms with Crippen LogP contribution in [0.15, 0.2) is 23.0 Å². The van der Waals surface area contributed by atoms with Crippen LogP contribution in [-0.2, 0) is 25.0 Å². The molecular formula is C19H24N4O2. The van der Waals surface area contributed by atoms with Gasteiger partial charge in [-0.05, 0) is 23.6 Å². The second kappa shape index (κ2) is 6.44. The Labute approximate surface area is 147 Å². The molecule has 6 heteroatoms. The smallest absolute Gasteiger partial charge is 0.264 e. The molecule has 2 heterocycles. The number of rotatable bonds is 3. The van der Waals surface area contributed by atoms with E-state index in [0.717, 1.165) is 18.7 Å². The quantitative estimate of drug-likeness (QED) is 0.796. The monoisotopic (exact) mass is 340 g/mol. The van der Waals surface area contributed by atoms with Gasteiger partial charge in [0, 0.05) is 25.0 Å². The van der Waals surface area contributed by atoms with Crippen LogP contribution in [-0.4, -0.2) is 15.9 Å². The lowest BCUT2D eigenvalue weighted by Gasteiger charge is -2.18. The van der Waals surface area contributed by atoms with E-state index in [9.17, 15) is 9.59 Å². The van der Waals surface area contributed by atoms with Crippen LogP contribution in [0.25, 0.3) is 0 Å². The van der Waals surface area contributed by atoms with Crippen molar-refractivity contribution >= 4 is 5.91 Å². The average molecular weight is 340 g/mol. The Hall–Kier alpha value is -2.47. The number of hydrogen-bond donors (Lipinski definition) is 3. The maximum Gasteiger partial charge on any atom is 0.264 e. The molecule has 3 N–H and O–H groups in total. The summed E-state index contributed by atoms with van der Waals surface area (Å²) in [5.41, 5.74) is 3.43. The van der Waals surface area contributed by atoms with Crippen molar-refractivity contribution in [2.75, 3.05) is 0 Å². The molecule has 0 saturated carbocycles. The van der Waals surface area contributed by atoms with Gasteiger partial charge in [-0.25, -0.2) is 4.98 Å². The Bertz CT molecular complexity index is 878. The number of benzene rings is 1. The van der Waals surface area contributed by atoms with Gasteiger partial charge in [-0.1, -0.05) is 39.0 Å². The summed E-state index contributed by atoms with van der Waals surface area (Å²) in [5.74, 6) is 0.183. The average Bonchev–Trinajstić information content (AvgIpc) is 2.99. The van der Waals surface area contributed by atoms with E-state index in [4.69, 9.17) is 0 Å². The van der Waals surface area contributed by atoms with E-state index in [1.807, 2.05) is 26.8 Å². The summed E-state index contributed by atoms with van der Waals surface area (Å²) in [6.07, 6.45) is 0. The molecule has 132 valence electrons. The molecule has 1 aliphatic rings. The van der Waals surface area contributed by atoms with Crippen molar-refractivity contribution in [3.63, 3.8) is 0 Å². The van der Waals surface area contributed by atoms with E-state index in [0.29, 0.717) is 18.1 Å². The van der Waals surface area contributed by atoms with Crippen LogP contribution in [0, 0.1) is 6.92 Å². The normalized spacial score (nSPS) is 13.6. The van der Waals surface area contributed by atoms with Crippen molar-refractivity contribution in [1.29, 1.82) is 0 Å². The Morgan fingerprint density at radius 1 is 1.24 bits per heavy atom. The number of fused-ring (bicyclic) bond motifs is 1. The molecule has 0 unspecified atom stereocenters. The molecule has 0 atom stereocenters. The maximum atomic E-state index is 12.5. The van der Waals surface area contributed by atoms with E-state index in [1.165, 1.54) is 11.1 Å². The Balaban J connectivity index is 1.76. The molecule has 0 bridgehead atoms. The number of aromatic amines is 1. The lowest BCUT2D eigenvalue weighted by atomic mass is 9.95. The molecule has 0 radical (unpaired) electrons. The number of carbonyl (C=O) groups is 1. The van der Waals surface area contributed by atoms with E-state index < -0.39 is 11.5 Å². The molecule has 1 aliphatic heterocycles. The first-order valence-electron chi connectivity index (χ1n) is 8.46. The lowest BCUT2D eigenvalue weighted by Crippen LogP contribution is -2.33. The highest BCUT2D eigenvalue weighted by Gasteiger charge is 2.22. The van der Waals surface area contributed by atoms with E-state index in [2.05, 4.69) is 32.7 Å². The number of carbonyl (C=O) groups excluding carboxylic acids is 1. The van der Waals surface area contributed by atoms with E-state index >= 15 is 0 Å². The van der Waals surface area contributed by atoms with E-state index in [1.54, 1.807) is 6.92 Å². The largest absolute Gasteiger partial charge is 0.348 e.